The van der Waals surface area contributed by atoms with Crippen LogP contribution in [0.3, 0.4) is 0 Å². The van der Waals surface area contributed by atoms with Crippen molar-refractivity contribution in [1.82, 2.24) is 10.2 Å². The third kappa shape index (κ3) is 3.06. The summed E-state index contributed by atoms with van der Waals surface area (Å²) in [6.07, 6.45) is 3.00. The number of rotatable bonds is 5. The highest BCUT2D eigenvalue weighted by Gasteiger charge is 2.35. The van der Waals surface area contributed by atoms with Gasteiger partial charge in [0.05, 0.1) is 12.2 Å². The Bertz CT molecular complexity index is 396. The molecule has 0 spiro atoms. The third-order valence-corrected chi connectivity index (χ3v) is 3.90. The van der Waals surface area contributed by atoms with E-state index in [1.807, 2.05) is 23.1 Å². The normalized spacial score (nSPS) is 23.7. The molecule has 1 N–H and O–H groups in total. The lowest BCUT2D eigenvalue weighted by molar-refractivity contribution is -0.129. The standard InChI is InChI=1S/C14H20N2OS/c1-11-15-13(10-12-6-4-3-5-7-12)14(17)16(11)8-9-18-2/h3-7,11,13,15H,8-10H2,1-2H3. The van der Waals surface area contributed by atoms with Gasteiger partial charge >= 0.3 is 0 Å². The molecule has 1 aliphatic rings. The predicted octanol–water partition coefficient (Wildman–Crippen LogP) is 1.74. The number of nitrogens with one attached hydrogen (secondary N) is 1. The third-order valence-electron chi connectivity index (χ3n) is 3.31. The molecule has 1 saturated heterocycles. The number of benzene rings is 1. The fourth-order valence-corrected chi connectivity index (χ4v) is 2.71. The second-order valence-electron chi connectivity index (χ2n) is 4.61. The van der Waals surface area contributed by atoms with Gasteiger partial charge in [-0.2, -0.15) is 11.8 Å². The van der Waals surface area contributed by atoms with Gasteiger partial charge in [0.1, 0.15) is 0 Å². The molecule has 2 unspecified atom stereocenters. The van der Waals surface area contributed by atoms with Crippen molar-refractivity contribution in [2.24, 2.45) is 0 Å². The molecule has 0 aromatic heterocycles. The topological polar surface area (TPSA) is 32.3 Å². The minimum Gasteiger partial charge on any atom is -0.325 e. The first-order valence-corrected chi connectivity index (χ1v) is 7.71. The summed E-state index contributed by atoms with van der Waals surface area (Å²) in [7, 11) is 0. The average molecular weight is 264 g/mol. The van der Waals surface area contributed by atoms with Crippen molar-refractivity contribution >= 4 is 17.7 Å². The molecule has 18 heavy (non-hydrogen) atoms. The minimum atomic E-state index is -0.0655. The zero-order valence-electron chi connectivity index (χ0n) is 10.9. The number of amides is 1. The number of nitrogens with zero attached hydrogens (tertiary/aromatic N) is 1. The SMILES string of the molecule is CSCCN1C(=O)C(Cc2ccccc2)NC1C. The van der Waals surface area contributed by atoms with Crippen LogP contribution in [0.25, 0.3) is 0 Å². The zero-order chi connectivity index (χ0) is 13.0. The number of carbonyl (C=O) groups excluding carboxylic acids is 1. The van der Waals surface area contributed by atoms with Crippen LogP contribution >= 0.6 is 11.8 Å². The second-order valence-corrected chi connectivity index (χ2v) is 5.59. The van der Waals surface area contributed by atoms with E-state index < -0.39 is 0 Å². The van der Waals surface area contributed by atoms with E-state index in [1.165, 1.54) is 5.56 Å². The predicted molar refractivity (Wildman–Crippen MR) is 76.6 cm³/mol. The molecule has 0 radical (unpaired) electrons. The first-order chi connectivity index (χ1) is 8.72. The van der Waals surface area contributed by atoms with E-state index in [0.717, 1.165) is 18.7 Å². The molecular formula is C14H20N2OS. The average Bonchev–Trinajstić information content (AvgIpc) is 2.64. The molecule has 3 nitrogen and oxygen atoms in total. The van der Waals surface area contributed by atoms with Crippen LogP contribution in [-0.2, 0) is 11.2 Å². The molecule has 1 amide bonds. The van der Waals surface area contributed by atoms with Crippen molar-refractivity contribution in [1.29, 1.82) is 0 Å². The lowest BCUT2D eigenvalue weighted by Crippen LogP contribution is -2.36. The van der Waals surface area contributed by atoms with E-state index in [9.17, 15) is 4.79 Å². The molecule has 1 aromatic rings. The Morgan fingerprint density at radius 2 is 2.06 bits per heavy atom. The molecule has 1 fully saturated rings. The van der Waals surface area contributed by atoms with E-state index in [0.29, 0.717) is 0 Å². The summed E-state index contributed by atoms with van der Waals surface area (Å²) in [5.41, 5.74) is 1.21. The fraction of sp³-hybridized carbons (Fsp3) is 0.500. The van der Waals surface area contributed by atoms with E-state index in [-0.39, 0.29) is 18.1 Å². The smallest absolute Gasteiger partial charge is 0.241 e. The van der Waals surface area contributed by atoms with Gasteiger partial charge in [-0.1, -0.05) is 30.3 Å². The Morgan fingerprint density at radius 1 is 1.33 bits per heavy atom. The highest BCUT2D eigenvalue weighted by Crippen LogP contribution is 2.15. The summed E-state index contributed by atoms with van der Waals surface area (Å²) in [5.74, 6) is 1.23. The largest absolute Gasteiger partial charge is 0.325 e. The van der Waals surface area contributed by atoms with Crippen LogP contribution in [0, 0.1) is 0 Å². The molecule has 4 heteroatoms. The first-order valence-electron chi connectivity index (χ1n) is 6.31. The van der Waals surface area contributed by atoms with Crippen LogP contribution in [0.1, 0.15) is 12.5 Å². The molecule has 1 heterocycles. The van der Waals surface area contributed by atoms with Crippen molar-refractivity contribution in [3.05, 3.63) is 35.9 Å². The molecule has 2 rings (SSSR count). The van der Waals surface area contributed by atoms with Gasteiger partial charge in [-0.05, 0) is 25.2 Å². The minimum absolute atomic E-state index is 0.0655. The van der Waals surface area contributed by atoms with Gasteiger partial charge in [0.2, 0.25) is 5.91 Å². The quantitative estimate of drug-likeness (QED) is 0.879. The van der Waals surface area contributed by atoms with Crippen LogP contribution in [0.4, 0.5) is 0 Å². The maximum Gasteiger partial charge on any atom is 0.241 e. The van der Waals surface area contributed by atoms with Crippen LogP contribution in [0.5, 0.6) is 0 Å². The first kappa shape index (κ1) is 13.4. The molecule has 0 bridgehead atoms. The van der Waals surface area contributed by atoms with E-state index in [2.05, 4.69) is 30.6 Å². The molecule has 1 aromatic carbocycles. The summed E-state index contributed by atoms with van der Waals surface area (Å²) in [4.78, 5) is 14.2. The molecule has 0 aliphatic carbocycles. The van der Waals surface area contributed by atoms with Gasteiger partial charge in [-0.15, -0.1) is 0 Å². The maximum absolute atomic E-state index is 12.3. The molecule has 98 valence electrons. The zero-order valence-corrected chi connectivity index (χ0v) is 11.7. The summed E-state index contributed by atoms with van der Waals surface area (Å²) in [6.45, 7) is 2.89. The van der Waals surface area contributed by atoms with Crippen LogP contribution in [0.2, 0.25) is 0 Å². The Balaban J connectivity index is 1.97. The van der Waals surface area contributed by atoms with Gasteiger partial charge in [0.15, 0.2) is 0 Å². The summed E-state index contributed by atoms with van der Waals surface area (Å²) < 4.78 is 0. The number of hydrogen-bond acceptors (Lipinski definition) is 3. The van der Waals surface area contributed by atoms with Crippen molar-refractivity contribution in [3.63, 3.8) is 0 Å². The Morgan fingerprint density at radius 3 is 2.72 bits per heavy atom. The molecule has 1 aliphatic heterocycles. The Hall–Kier alpha value is -1.00. The maximum atomic E-state index is 12.3. The number of hydrogen-bond donors (Lipinski definition) is 1. The lowest BCUT2D eigenvalue weighted by Gasteiger charge is -2.19. The van der Waals surface area contributed by atoms with Crippen molar-refractivity contribution in [3.8, 4) is 0 Å². The molecule has 0 saturated carbocycles. The Kier molecular flexibility index (Phi) is 4.66. The van der Waals surface area contributed by atoms with Crippen molar-refractivity contribution in [2.75, 3.05) is 18.6 Å². The second kappa shape index (κ2) is 6.25. The van der Waals surface area contributed by atoms with Crippen LogP contribution < -0.4 is 5.32 Å². The summed E-state index contributed by atoms with van der Waals surface area (Å²) >= 11 is 1.78. The van der Waals surface area contributed by atoms with Crippen LogP contribution in [-0.4, -0.2) is 41.6 Å². The number of thioether (sulfide) groups is 1. The van der Waals surface area contributed by atoms with E-state index in [4.69, 9.17) is 0 Å². The van der Waals surface area contributed by atoms with Crippen molar-refractivity contribution in [2.45, 2.75) is 25.6 Å². The highest BCUT2D eigenvalue weighted by molar-refractivity contribution is 7.98. The van der Waals surface area contributed by atoms with E-state index >= 15 is 0 Å². The van der Waals surface area contributed by atoms with Gasteiger partial charge in [-0.3, -0.25) is 10.1 Å². The van der Waals surface area contributed by atoms with Crippen LogP contribution in [0.15, 0.2) is 30.3 Å². The monoisotopic (exact) mass is 264 g/mol. The lowest BCUT2D eigenvalue weighted by atomic mass is 10.1. The van der Waals surface area contributed by atoms with Gasteiger partial charge in [0.25, 0.3) is 0 Å². The van der Waals surface area contributed by atoms with Gasteiger partial charge < -0.3 is 4.90 Å². The van der Waals surface area contributed by atoms with Gasteiger partial charge in [-0.25, -0.2) is 0 Å². The van der Waals surface area contributed by atoms with E-state index in [1.54, 1.807) is 11.8 Å². The molecule has 2 atom stereocenters. The number of carbonyl (C=O) groups is 1. The molecular weight excluding hydrogens is 244 g/mol. The van der Waals surface area contributed by atoms with Gasteiger partial charge in [0, 0.05) is 12.3 Å². The summed E-state index contributed by atoms with van der Waals surface area (Å²) in [5, 5.41) is 3.38. The highest BCUT2D eigenvalue weighted by atomic mass is 32.2. The summed E-state index contributed by atoms with van der Waals surface area (Å²) in [6, 6.07) is 10.1. The van der Waals surface area contributed by atoms with Crippen molar-refractivity contribution < 1.29 is 4.79 Å². The fourth-order valence-electron chi connectivity index (χ4n) is 2.33. The Labute approximate surface area is 113 Å².